The van der Waals surface area contributed by atoms with Crippen LogP contribution in [0.1, 0.15) is 33.1 Å². The van der Waals surface area contributed by atoms with Gasteiger partial charge in [-0.05, 0) is 52.1 Å². The summed E-state index contributed by atoms with van der Waals surface area (Å²) in [6.45, 7) is 7.67. The number of ether oxygens (including phenoxy) is 1. The van der Waals surface area contributed by atoms with Gasteiger partial charge in [-0.25, -0.2) is 0 Å². The van der Waals surface area contributed by atoms with Crippen molar-refractivity contribution in [1.82, 2.24) is 10.6 Å². The lowest BCUT2D eigenvalue weighted by molar-refractivity contribution is -0.0475. The van der Waals surface area contributed by atoms with Gasteiger partial charge in [-0.3, -0.25) is 5.32 Å². The van der Waals surface area contributed by atoms with Gasteiger partial charge in [0.1, 0.15) is 5.72 Å². The van der Waals surface area contributed by atoms with Gasteiger partial charge in [0.15, 0.2) is 0 Å². The first-order valence-corrected chi connectivity index (χ1v) is 5.81. The Morgan fingerprint density at radius 2 is 2.29 bits per heavy atom. The van der Waals surface area contributed by atoms with Crippen LogP contribution < -0.4 is 10.6 Å². The quantitative estimate of drug-likeness (QED) is 0.697. The molecule has 2 fully saturated rings. The first-order chi connectivity index (χ1) is 6.68. The van der Waals surface area contributed by atoms with Crippen molar-refractivity contribution in [2.24, 2.45) is 5.92 Å². The fourth-order valence-corrected chi connectivity index (χ4v) is 2.66. The summed E-state index contributed by atoms with van der Waals surface area (Å²) >= 11 is 0. The minimum atomic E-state index is -0.0664. The van der Waals surface area contributed by atoms with Crippen LogP contribution in [0.3, 0.4) is 0 Å². The van der Waals surface area contributed by atoms with Crippen molar-refractivity contribution in [1.29, 1.82) is 0 Å². The van der Waals surface area contributed by atoms with Gasteiger partial charge in [-0.2, -0.15) is 0 Å². The topological polar surface area (TPSA) is 33.3 Å². The molecule has 82 valence electrons. The fourth-order valence-electron chi connectivity index (χ4n) is 2.66. The lowest BCUT2D eigenvalue weighted by Crippen LogP contribution is -2.42. The van der Waals surface area contributed by atoms with Crippen LogP contribution in [-0.4, -0.2) is 31.5 Å². The molecule has 0 spiro atoms. The van der Waals surface area contributed by atoms with Crippen LogP contribution in [0.5, 0.6) is 0 Å². The highest BCUT2D eigenvalue weighted by atomic mass is 16.5. The van der Waals surface area contributed by atoms with E-state index in [0.717, 1.165) is 25.4 Å². The van der Waals surface area contributed by atoms with Gasteiger partial charge >= 0.3 is 0 Å². The lowest BCUT2D eigenvalue weighted by Gasteiger charge is -2.31. The average molecular weight is 198 g/mol. The molecule has 0 aliphatic carbocycles. The van der Waals surface area contributed by atoms with Gasteiger partial charge in [-0.15, -0.1) is 0 Å². The number of rotatable bonds is 2. The summed E-state index contributed by atoms with van der Waals surface area (Å²) in [4.78, 5) is 0. The highest BCUT2D eigenvalue weighted by Crippen LogP contribution is 2.27. The molecule has 0 aromatic carbocycles. The SMILES string of the molecule is CC1CNC(C)(CC2CCCNC2)O1. The number of nitrogens with one attached hydrogen (secondary N) is 2. The molecule has 2 rings (SSSR count). The third-order valence-corrected chi connectivity index (χ3v) is 3.30. The minimum absolute atomic E-state index is 0.0664. The average Bonchev–Trinajstić information content (AvgIpc) is 2.47. The van der Waals surface area contributed by atoms with Crippen molar-refractivity contribution >= 4 is 0 Å². The van der Waals surface area contributed by atoms with E-state index >= 15 is 0 Å². The summed E-state index contributed by atoms with van der Waals surface area (Å²) in [5, 5.41) is 6.93. The Morgan fingerprint density at radius 1 is 1.43 bits per heavy atom. The predicted octanol–water partition coefficient (Wildman–Crippen LogP) is 1.10. The van der Waals surface area contributed by atoms with Crippen molar-refractivity contribution in [3.63, 3.8) is 0 Å². The van der Waals surface area contributed by atoms with E-state index in [9.17, 15) is 0 Å². The molecular formula is C11H22N2O. The Morgan fingerprint density at radius 3 is 2.86 bits per heavy atom. The molecule has 3 unspecified atom stereocenters. The Hall–Kier alpha value is -0.120. The molecule has 0 amide bonds. The van der Waals surface area contributed by atoms with E-state index in [1.54, 1.807) is 0 Å². The minimum Gasteiger partial charge on any atom is -0.357 e. The Labute approximate surface area is 86.6 Å². The van der Waals surface area contributed by atoms with Crippen LogP contribution in [0.4, 0.5) is 0 Å². The van der Waals surface area contributed by atoms with E-state index in [4.69, 9.17) is 4.74 Å². The smallest absolute Gasteiger partial charge is 0.117 e. The fraction of sp³-hybridized carbons (Fsp3) is 1.00. The third kappa shape index (κ3) is 2.47. The number of hydrogen-bond donors (Lipinski definition) is 2. The molecule has 2 heterocycles. The van der Waals surface area contributed by atoms with Crippen molar-refractivity contribution < 1.29 is 4.74 Å². The van der Waals surface area contributed by atoms with E-state index in [1.807, 2.05) is 0 Å². The summed E-state index contributed by atoms with van der Waals surface area (Å²) in [5.74, 6) is 0.784. The number of hydrogen-bond acceptors (Lipinski definition) is 3. The molecule has 2 N–H and O–H groups in total. The zero-order chi connectivity index (χ0) is 10.0. The third-order valence-electron chi connectivity index (χ3n) is 3.30. The molecule has 0 aromatic heterocycles. The van der Waals surface area contributed by atoms with Crippen molar-refractivity contribution in [2.45, 2.75) is 44.9 Å². The normalized spacial score (nSPS) is 44.1. The molecule has 0 bridgehead atoms. The van der Waals surface area contributed by atoms with Gasteiger partial charge < -0.3 is 10.1 Å². The molecule has 2 aliphatic heterocycles. The van der Waals surface area contributed by atoms with Crippen LogP contribution >= 0.6 is 0 Å². The molecule has 3 atom stereocenters. The van der Waals surface area contributed by atoms with Gasteiger partial charge in [0, 0.05) is 6.54 Å². The van der Waals surface area contributed by atoms with E-state index in [0.29, 0.717) is 6.10 Å². The predicted molar refractivity (Wildman–Crippen MR) is 57.2 cm³/mol. The van der Waals surface area contributed by atoms with Gasteiger partial charge in [0.25, 0.3) is 0 Å². The highest BCUT2D eigenvalue weighted by Gasteiger charge is 2.35. The largest absolute Gasteiger partial charge is 0.357 e. The van der Waals surface area contributed by atoms with E-state index < -0.39 is 0 Å². The maximum absolute atomic E-state index is 5.91. The summed E-state index contributed by atoms with van der Waals surface area (Å²) in [6, 6.07) is 0. The second-order valence-corrected chi connectivity index (χ2v) is 4.96. The van der Waals surface area contributed by atoms with Crippen LogP contribution in [-0.2, 0) is 4.74 Å². The van der Waals surface area contributed by atoms with Crippen LogP contribution in [0, 0.1) is 5.92 Å². The number of piperidine rings is 1. The van der Waals surface area contributed by atoms with Crippen molar-refractivity contribution in [3.05, 3.63) is 0 Å². The maximum Gasteiger partial charge on any atom is 0.117 e. The van der Waals surface area contributed by atoms with Crippen LogP contribution in [0.15, 0.2) is 0 Å². The summed E-state index contributed by atoms with van der Waals surface area (Å²) in [7, 11) is 0. The molecule has 14 heavy (non-hydrogen) atoms. The maximum atomic E-state index is 5.91. The van der Waals surface area contributed by atoms with Gasteiger partial charge in [0.2, 0.25) is 0 Å². The Balaban J connectivity index is 1.83. The summed E-state index contributed by atoms with van der Waals surface area (Å²) in [5.41, 5.74) is -0.0664. The highest BCUT2D eigenvalue weighted by molar-refractivity contribution is 4.85. The molecule has 0 saturated carbocycles. The zero-order valence-electron chi connectivity index (χ0n) is 9.31. The standard InChI is InChI=1S/C11H22N2O/c1-9-7-13-11(2,14-9)6-10-4-3-5-12-8-10/h9-10,12-13H,3-8H2,1-2H3. The second-order valence-electron chi connectivity index (χ2n) is 4.96. The van der Waals surface area contributed by atoms with E-state index in [1.165, 1.54) is 19.4 Å². The van der Waals surface area contributed by atoms with Gasteiger partial charge in [-0.1, -0.05) is 0 Å². The summed E-state index contributed by atoms with van der Waals surface area (Å²) in [6.07, 6.45) is 4.18. The summed E-state index contributed by atoms with van der Waals surface area (Å²) < 4.78 is 5.91. The molecule has 0 radical (unpaired) electrons. The van der Waals surface area contributed by atoms with Crippen LogP contribution in [0.25, 0.3) is 0 Å². The Bertz CT molecular complexity index is 192. The second kappa shape index (κ2) is 4.17. The lowest BCUT2D eigenvalue weighted by atomic mass is 9.91. The van der Waals surface area contributed by atoms with E-state index in [-0.39, 0.29) is 5.72 Å². The first-order valence-electron chi connectivity index (χ1n) is 5.81. The van der Waals surface area contributed by atoms with Crippen molar-refractivity contribution in [3.8, 4) is 0 Å². The monoisotopic (exact) mass is 198 g/mol. The Kier molecular flexibility index (Phi) is 3.10. The van der Waals surface area contributed by atoms with Gasteiger partial charge in [0.05, 0.1) is 6.10 Å². The molecule has 2 aliphatic rings. The van der Waals surface area contributed by atoms with E-state index in [2.05, 4.69) is 24.5 Å². The molecule has 3 heteroatoms. The zero-order valence-corrected chi connectivity index (χ0v) is 9.31. The molecule has 0 aromatic rings. The molecule has 3 nitrogen and oxygen atoms in total. The first kappa shape index (κ1) is 10.4. The molecule has 2 saturated heterocycles. The van der Waals surface area contributed by atoms with Crippen molar-refractivity contribution in [2.75, 3.05) is 19.6 Å². The molecular weight excluding hydrogens is 176 g/mol. The van der Waals surface area contributed by atoms with Crippen LogP contribution in [0.2, 0.25) is 0 Å².